The molecule has 0 aliphatic rings. The zero-order chi connectivity index (χ0) is 14.8. The standard InChI is InChI=1S/C16H26N2O2/c1-4-13-7-6-8-14(5-2)16(13)18-10-9-15(19)17-11-12-20-3/h6-8,18H,4-5,9-12H2,1-3H3,(H,17,19). The van der Waals surface area contributed by atoms with Crippen LogP contribution in [0.5, 0.6) is 0 Å². The van der Waals surface area contributed by atoms with E-state index in [1.807, 2.05) is 0 Å². The molecule has 0 spiro atoms. The van der Waals surface area contributed by atoms with Crippen molar-refractivity contribution in [2.45, 2.75) is 33.1 Å². The monoisotopic (exact) mass is 278 g/mol. The van der Waals surface area contributed by atoms with Gasteiger partial charge in [0.2, 0.25) is 5.91 Å². The minimum absolute atomic E-state index is 0.0570. The van der Waals surface area contributed by atoms with Gasteiger partial charge in [0.25, 0.3) is 0 Å². The summed E-state index contributed by atoms with van der Waals surface area (Å²) in [5, 5.41) is 6.24. The van der Waals surface area contributed by atoms with E-state index in [2.05, 4.69) is 42.7 Å². The molecule has 1 rings (SSSR count). The Morgan fingerprint density at radius 3 is 2.35 bits per heavy atom. The van der Waals surface area contributed by atoms with E-state index >= 15 is 0 Å². The van der Waals surface area contributed by atoms with E-state index in [1.165, 1.54) is 16.8 Å². The summed E-state index contributed by atoms with van der Waals surface area (Å²) in [6, 6.07) is 6.38. The van der Waals surface area contributed by atoms with Crippen molar-refractivity contribution in [3.8, 4) is 0 Å². The number of carbonyl (C=O) groups excluding carboxylic acids is 1. The van der Waals surface area contributed by atoms with Gasteiger partial charge in [0.15, 0.2) is 0 Å². The average Bonchev–Trinajstić information content (AvgIpc) is 2.47. The Labute approximate surface area is 121 Å². The molecule has 0 saturated carbocycles. The number of methoxy groups -OCH3 is 1. The van der Waals surface area contributed by atoms with Crippen LogP contribution in [0, 0.1) is 0 Å². The van der Waals surface area contributed by atoms with Gasteiger partial charge in [-0.3, -0.25) is 4.79 Å². The maximum atomic E-state index is 11.6. The lowest BCUT2D eigenvalue weighted by Crippen LogP contribution is -2.28. The van der Waals surface area contributed by atoms with Crippen LogP contribution in [0.4, 0.5) is 5.69 Å². The molecule has 1 amide bonds. The Bertz CT molecular complexity index is 397. The molecule has 0 heterocycles. The number of amides is 1. The van der Waals surface area contributed by atoms with Gasteiger partial charge < -0.3 is 15.4 Å². The predicted molar refractivity (Wildman–Crippen MR) is 83.2 cm³/mol. The van der Waals surface area contributed by atoms with Crippen LogP contribution in [0.15, 0.2) is 18.2 Å². The highest BCUT2D eigenvalue weighted by Crippen LogP contribution is 2.22. The van der Waals surface area contributed by atoms with Crippen molar-refractivity contribution in [2.75, 3.05) is 32.1 Å². The molecule has 20 heavy (non-hydrogen) atoms. The van der Waals surface area contributed by atoms with Crippen LogP contribution in [-0.2, 0) is 22.4 Å². The minimum atomic E-state index is 0.0570. The van der Waals surface area contributed by atoms with Crippen LogP contribution in [0.1, 0.15) is 31.4 Å². The highest BCUT2D eigenvalue weighted by Gasteiger charge is 2.06. The van der Waals surface area contributed by atoms with Gasteiger partial charge in [-0.1, -0.05) is 32.0 Å². The lowest BCUT2D eigenvalue weighted by atomic mass is 10.0. The minimum Gasteiger partial charge on any atom is -0.384 e. The normalized spacial score (nSPS) is 10.3. The highest BCUT2D eigenvalue weighted by atomic mass is 16.5. The van der Waals surface area contributed by atoms with Crippen molar-refractivity contribution in [1.29, 1.82) is 0 Å². The van der Waals surface area contributed by atoms with E-state index < -0.39 is 0 Å². The first-order valence-electron chi connectivity index (χ1n) is 7.33. The number of para-hydroxylation sites is 1. The number of aryl methyl sites for hydroxylation is 2. The summed E-state index contributed by atoms with van der Waals surface area (Å²) >= 11 is 0. The first-order chi connectivity index (χ1) is 9.72. The number of anilines is 1. The molecule has 0 fully saturated rings. The van der Waals surface area contributed by atoms with Crippen molar-refractivity contribution >= 4 is 11.6 Å². The van der Waals surface area contributed by atoms with E-state index in [-0.39, 0.29) is 5.91 Å². The van der Waals surface area contributed by atoms with Crippen molar-refractivity contribution in [3.63, 3.8) is 0 Å². The summed E-state index contributed by atoms with van der Waals surface area (Å²) < 4.78 is 4.90. The Kier molecular flexibility index (Phi) is 7.73. The molecule has 2 N–H and O–H groups in total. The maximum absolute atomic E-state index is 11.6. The number of nitrogens with one attached hydrogen (secondary N) is 2. The first kappa shape index (κ1) is 16.5. The molecule has 0 bridgehead atoms. The number of carbonyl (C=O) groups is 1. The highest BCUT2D eigenvalue weighted by molar-refractivity contribution is 5.76. The summed E-state index contributed by atoms with van der Waals surface area (Å²) in [4.78, 5) is 11.6. The second-order valence-electron chi connectivity index (χ2n) is 4.68. The molecule has 0 atom stereocenters. The van der Waals surface area contributed by atoms with Gasteiger partial charge in [0.05, 0.1) is 6.61 Å². The quantitative estimate of drug-likeness (QED) is 0.682. The Morgan fingerprint density at radius 2 is 1.80 bits per heavy atom. The zero-order valence-electron chi connectivity index (χ0n) is 12.8. The van der Waals surface area contributed by atoms with E-state index in [4.69, 9.17) is 4.74 Å². The largest absolute Gasteiger partial charge is 0.384 e. The number of benzene rings is 1. The van der Waals surface area contributed by atoms with Gasteiger partial charge in [-0.05, 0) is 24.0 Å². The van der Waals surface area contributed by atoms with Crippen molar-refractivity contribution in [3.05, 3.63) is 29.3 Å². The fraction of sp³-hybridized carbons (Fsp3) is 0.562. The smallest absolute Gasteiger partial charge is 0.221 e. The van der Waals surface area contributed by atoms with Crippen LogP contribution >= 0.6 is 0 Å². The summed E-state index contributed by atoms with van der Waals surface area (Å²) in [5.74, 6) is 0.0570. The first-order valence-corrected chi connectivity index (χ1v) is 7.33. The lowest BCUT2D eigenvalue weighted by Gasteiger charge is -2.15. The molecule has 0 aromatic heterocycles. The molecular formula is C16H26N2O2. The topological polar surface area (TPSA) is 50.4 Å². The van der Waals surface area contributed by atoms with E-state index in [0.29, 0.717) is 26.1 Å². The Morgan fingerprint density at radius 1 is 1.15 bits per heavy atom. The number of ether oxygens (including phenoxy) is 1. The summed E-state index contributed by atoms with van der Waals surface area (Å²) in [5.41, 5.74) is 3.82. The third-order valence-electron chi connectivity index (χ3n) is 3.28. The molecule has 0 aliphatic carbocycles. The van der Waals surface area contributed by atoms with Crippen LogP contribution < -0.4 is 10.6 Å². The summed E-state index contributed by atoms with van der Waals surface area (Å²) in [7, 11) is 1.63. The van der Waals surface area contributed by atoms with Gasteiger partial charge in [0.1, 0.15) is 0 Å². The molecule has 0 radical (unpaired) electrons. The lowest BCUT2D eigenvalue weighted by molar-refractivity contribution is -0.121. The second kappa shape index (κ2) is 9.37. The predicted octanol–water partition coefficient (Wildman–Crippen LogP) is 2.38. The molecule has 0 saturated heterocycles. The van der Waals surface area contributed by atoms with Gasteiger partial charge in [-0.25, -0.2) is 0 Å². The van der Waals surface area contributed by atoms with Crippen LogP contribution in [0.3, 0.4) is 0 Å². The molecule has 4 heteroatoms. The molecule has 1 aromatic rings. The van der Waals surface area contributed by atoms with Crippen LogP contribution in [-0.4, -0.2) is 32.7 Å². The molecular weight excluding hydrogens is 252 g/mol. The Hall–Kier alpha value is -1.55. The number of hydrogen-bond donors (Lipinski definition) is 2. The fourth-order valence-corrected chi connectivity index (χ4v) is 2.15. The average molecular weight is 278 g/mol. The molecule has 112 valence electrons. The second-order valence-corrected chi connectivity index (χ2v) is 4.68. The Balaban J connectivity index is 2.47. The van der Waals surface area contributed by atoms with E-state index in [9.17, 15) is 4.79 Å². The van der Waals surface area contributed by atoms with Gasteiger partial charge in [-0.15, -0.1) is 0 Å². The fourth-order valence-electron chi connectivity index (χ4n) is 2.15. The van der Waals surface area contributed by atoms with Crippen LogP contribution in [0.25, 0.3) is 0 Å². The maximum Gasteiger partial charge on any atom is 0.221 e. The van der Waals surface area contributed by atoms with Crippen molar-refractivity contribution in [1.82, 2.24) is 5.32 Å². The SMILES string of the molecule is CCc1cccc(CC)c1NCCC(=O)NCCOC. The third kappa shape index (κ3) is 5.21. The van der Waals surface area contributed by atoms with Gasteiger partial charge in [0, 0.05) is 32.3 Å². The van der Waals surface area contributed by atoms with E-state index in [0.717, 1.165) is 12.8 Å². The number of hydrogen-bond acceptors (Lipinski definition) is 3. The van der Waals surface area contributed by atoms with Crippen molar-refractivity contribution < 1.29 is 9.53 Å². The van der Waals surface area contributed by atoms with Gasteiger partial charge >= 0.3 is 0 Å². The summed E-state index contributed by atoms with van der Waals surface area (Å²) in [6.45, 7) is 6.08. The van der Waals surface area contributed by atoms with Gasteiger partial charge in [-0.2, -0.15) is 0 Å². The molecule has 0 aliphatic heterocycles. The third-order valence-corrected chi connectivity index (χ3v) is 3.28. The molecule has 1 aromatic carbocycles. The summed E-state index contributed by atoms with van der Waals surface area (Å²) in [6.07, 6.45) is 2.47. The zero-order valence-corrected chi connectivity index (χ0v) is 12.8. The molecule has 4 nitrogen and oxygen atoms in total. The van der Waals surface area contributed by atoms with E-state index in [1.54, 1.807) is 7.11 Å². The van der Waals surface area contributed by atoms with Crippen molar-refractivity contribution in [2.24, 2.45) is 0 Å². The number of rotatable bonds is 9. The molecule has 0 unspecified atom stereocenters. The van der Waals surface area contributed by atoms with Crippen LogP contribution in [0.2, 0.25) is 0 Å².